The first-order valence-corrected chi connectivity index (χ1v) is 2.74. The second-order valence-corrected chi connectivity index (χ2v) is 1.57. The summed E-state index contributed by atoms with van der Waals surface area (Å²) < 4.78 is 8.55. The average molecular weight is 283 g/mol. The van der Waals surface area contributed by atoms with Crippen LogP contribution < -0.4 is 57.8 Å². The van der Waals surface area contributed by atoms with Gasteiger partial charge in [-0.05, 0) is 0 Å². The van der Waals surface area contributed by atoms with Gasteiger partial charge in [-0.2, -0.15) is 7.82 Å². The van der Waals surface area contributed by atoms with Crippen LogP contribution in [-0.4, -0.2) is 5.09 Å². The maximum absolute atomic E-state index is 8.55. The van der Waals surface area contributed by atoms with Crippen LogP contribution in [0.4, 0.5) is 0 Å². The molecule has 0 saturated heterocycles. The van der Waals surface area contributed by atoms with E-state index < -0.39 is 12.9 Å². The van der Waals surface area contributed by atoms with Gasteiger partial charge in [-0.1, -0.05) is 0 Å². The monoisotopic (exact) mass is 282 g/mol. The summed E-state index contributed by atoms with van der Waals surface area (Å²) in [6.45, 7) is 0. The molecular weight excluding hydrogens is 262 g/mol. The Morgan fingerprint density at radius 1 is 0.800 bits per heavy atom. The first kappa shape index (κ1) is 63.1. The van der Waals surface area contributed by atoms with Gasteiger partial charge in [-0.15, -0.1) is 0 Å². The molecule has 0 radical (unpaired) electrons. The van der Waals surface area contributed by atoms with Crippen molar-refractivity contribution < 1.29 is 36.7 Å². The highest BCUT2D eigenvalue weighted by Crippen LogP contribution is 2.03. The summed E-state index contributed by atoms with van der Waals surface area (Å²) in [4.78, 5) is 33.9. The third-order valence-corrected chi connectivity index (χ3v) is 0. The Morgan fingerprint density at radius 3 is 0.800 bits per heavy atom. The van der Waals surface area contributed by atoms with Crippen molar-refractivity contribution in [3.8, 4) is 0 Å². The summed E-state index contributed by atoms with van der Waals surface area (Å²) in [5.74, 6) is 0. The standard InChI is InChI=1S/ClH.NO3.5H3N.H3O4P/c;2-1(3)4;;;;;;1-5(2,3)4/h1H;;5*1H3;(H3,1,2,3,4)/q;-1;;;;;;/p+1. The highest BCUT2D eigenvalue weighted by Gasteiger charge is 1.45. The lowest BCUT2D eigenvalue weighted by Gasteiger charge is -2.36. The molecule has 0 rings (SSSR count). The fourth-order valence-corrected chi connectivity index (χ4v) is 0. The first-order valence-electron chi connectivity index (χ1n) is 1.28. The maximum atomic E-state index is 8.55. The van der Waals surface area contributed by atoms with E-state index in [1.54, 1.807) is 0 Å². The van der Waals surface area contributed by atoms with Gasteiger partial charge in [0, 0.05) is 0 Å². The van der Waals surface area contributed by atoms with Gasteiger partial charge in [-0.25, -0.2) is 0 Å². The Morgan fingerprint density at radius 2 is 0.800 bits per heavy atom. The Labute approximate surface area is 91.5 Å². The number of phosphoric acid groups is 1. The molecule has 20 N–H and O–H groups in total. The first-order chi connectivity index (χ1) is 3.73. The summed E-state index contributed by atoms with van der Waals surface area (Å²) in [7, 11) is -5.39. The number of hydrogen-bond donors (Lipinski definition) is 5. The van der Waals surface area contributed by atoms with E-state index in [1.165, 1.54) is 0 Å². The number of rotatable bonds is 0. The SMILES string of the molecule is O=P([O-])([O-])[O-].O=[N+]([O-])[O-].[Cl-].[NH4+].[NH4+].[NH4+].[NH4+].[NH4+]. The molecule has 0 unspecified atom stereocenters. The quantitative estimate of drug-likeness (QED) is 0.165. The third-order valence-electron chi connectivity index (χ3n) is 0. The summed E-state index contributed by atoms with van der Waals surface area (Å²) in [5, 5.41) is 14.8. The average Bonchev–Trinajstić information content (AvgIpc) is 1.19. The van der Waals surface area contributed by atoms with Crippen molar-refractivity contribution in [3.05, 3.63) is 15.3 Å². The van der Waals surface area contributed by atoms with Gasteiger partial charge in [-0.3, -0.25) is 0 Å². The lowest BCUT2D eigenvalue weighted by Crippen LogP contribution is -3.00. The van der Waals surface area contributed by atoms with Gasteiger partial charge in [0.05, 0.1) is 5.09 Å². The van der Waals surface area contributed by atoms with Gasteiger partial charge in [0.15, 0.2) is 0 Å². The van der Waals surface area contributed by atoms with Crippen LogP contribution in [0.15, 0.2) is 0 Å². The molecule has 0 aliphatic carbocycles. The molecule has 0 bridgehead atoms. The van der Waals surface area contributed by atoms with E-state index >= 15 is 0 Å². The number of quaternary nitrogens is 5. The highest BCUT2D eigenvalue weighted by atomic mass is 35.5. The van der Waals surface area contributed by atoms with Crippen LogP contribution in [0.1, 0.15) is 0 Å². The van der Waals surface area contributed by atoms with E-state index in [0.29, 0.717) is 0 Å². The second-order valence-electron chi connectivity index (χ2n) is 0.671. The molecule has 15 heteroatoms. The Balaban J connectivity index is -0.00000000785. The van der Waals surface area contributed by atoms with Crippen molar-refractivity contribution in [2.24, 2.45) is 0 Å². The molecule has 104 valence electrons. The van der Waals surface area contributed by atoms with Gasteiger partial charge in [0.25, 0.3) is 0 Å². The Kier molecular flexibility index (Phi) is 123. The van der Waals surface area contributed by atoms with Crippen molar-refractivity contribution in [2.45, 2.75) is 0 Å². The van der Waals surface area contributed by atoms with Crippen LogP contribution in [0, 0.1) is 15.3 Å². The van der Waals surface area contributed by atoms with Crippen LogP contribution in [0.5, 0.6) is 0 Å². The molecule has 0 spiro atoms. The van der Waals surface area contributed by atoms with E-state index in [0.717, 1.165) is 0 Å². The lowest BCUT2D eigenvalue weighted by molar-refractivity contribution is -0.432. The van der Waals surface area contributed by atoms with Gasteiger partial charge < -0.3 is 77.7 Å². The minimum Gasteiger partial charge on any atom is -1.00 e. The fraction of sp³-hybridized carbons (Fsp3) is 0. The van der Waals surface area contributed by atoms with E-state index in [4.69, 9.17) is 34.6 Å². The summed E-state index contributed by atoms with van der Waals surface area (Å²) in [5.41, 5.74) is 0. The normalized spacial score (nSPS) is 5.53. The smallest absolute Gasteiger partial charge is 0.0689 e. The summed E-state index contributed by atoms with van der Waals surface area (Å²) in [6, 6.07) is 0. The molecule has 0 aliphatic rings. The van der Waals surface area contributed by atoms with E-state index in [2.05, 4.69) is 0 Å². The molecule has 13 nitrogen and oxygen atoms in total. The number of nitrogens with zero attached hydrogens (tertiary/aromatic N) is 1. The topological polar surface area (TPSA) is 335 Å². The highest BCUT2D eigenvalue weighted by molar-refractivity contribution is 7.40. The molecule has 0 atom stereocenters. The van der Waals surface area contributed by atoms with Gasteiger partial charge in [0.1, 0.15) is 0 Å². The molecule has 0 aromatic heterocycles. The third kappa shape index (κ3) is 4840. The number of halogens is 1. The van der Waals surface area contributed by atoms with E-state index in [1.807, 2.05) is 0 Å². The lowest BCUT2D eigenvalue weighted by atomic mass is 13.1. The number of hydrogen-bond acceptors (Lipinski definition) is 7. The van der Waals surface area contributed by atoms with Gasteiger partial charge in [0.2, 0.25) is 0 Å². The van der Waals surface area contributed by atoms with Crippen LogP contribution in [-0.2, 0) is 4.57 Å². The van der Waals surface area contributed by atoms with Crippen molar-refractivity contribution >= 4 is 7.82 Å². The molecule has 0 amide bonds. The molecular formula is H20ClN6O7P. The molecule has 15 heavy (non-hydrogen) atoms. The predicted molar refractivity (Wildman–Crippen MR) is 47.9 cm³/mol. The minimum atomic E-state index is -5.39. The van der Waals surface area contributed by atoms with Crippen LogP contribution in [0.2, 0.25) is 0 Å². The second kappa shape index (κ2) is 29.2. The zero-order chi connectivity index (χ0) is 8.08. The summed E-state index contributed by atoms with van der Waals surface area (Å²) in [6.07, 6.45) is 0. The largest absolute Gasteiger partial charge is 1.00 e. The van der Waals surface area contributed by atoms with Crippen molar-refractivity contribution in [3.63, 3.8) is 0 Å². The summed E-state index contributed by atoms with van der Waals surface area (Å²) >= 11 is 0. The Bertz CT molecular complexity index is 123. The van der Waals surface area contributed by atoms with Crippen molar-refractivity contribution in [1.29, 1.82) is 0 Å². The predicted octanol–water partition coefficient (Wildman–Crippen LogP) is -4.18. The van der Waals surface area contributed by atoms with Crippen LogP contribution in [0.25, 0.3) is 0 Å². The molecule has 0 aromatic carbocycles. The molecule has 0 saturated carbocycles. The molecule has 0 aromatic rings. The fourth-order valence-electron chi connectivity index (χ4n) is 0. The maximum Gasteiger partial charge on any atom is 0.0689 e. The zero-order valence-corrected chi connectivity index (χ0v) is 10.8. The van der Waals surface area contributed by atoms with Crippen molar-refractivity contribution in [2.75, 3.05) is 0 Å². The molecule has 0 fully saturated rings. The van der Waals surface area contributed by atoms with E-state index in [-0.39, 0.29) is 43.2 Å². The molecule has 0 heterocycles. The van der Waals surface area contributed by atoms with Gasteiger partial charge >= 0.3 is 0 Å². The van der Waals surface area contributed by atoms with Crippen LogP contribution in [0.3, 0.4) is 0 Å². The zero-order valence-electron chi connectivity index (χ0n) is 9.13. The van der Waals surface area contributed by atoms with Crippen LogP contribution >= 0.6 is 7.82 Å². The molecule has 0 aliphatic heterocycles. The Hall–Kier alpha value is -0.600. The van der Waals surface area contributed by atoms with Crippen molar-refractivity contribution in [1.82, 2.24) is 30.8 Å². The minimum absolute atomic E-state index is 0. The van der Waals surface area contributed by atoms with E-state index in [9.17, 15) is 0 Å².